The second-order valence-electron chi connectivity index (χ2n) is 5.46. The van der Waals surface area contributed by atoms with Crippen LogP contribution in [0.2, 0.25) is 0 Å². The van der Waals surface area contributed by atoms with Crippen molar-refractivity contribution >= 4 is 39.1 Å². The third kappa shape index (κ3) is 5.60. The molecule has 132 valence electrons. The first-order chi connectivity index (χ1) is 12.0. The van der Waals surface area contributed by atoms with E-state index in [0.717, 1.165) is 15.8 Å². The van der Waals surface area contributed by atoms with Crippen LogP contribution in [0.4, 0.5) is 11.4 Å². The molecule has 0 bridgehead atoms. The lowest BCUT2D eigenvalue weighted by atomic mass is 10.2. The van der Waals surface area contributed by atoms with Gasteiger partial charge in [0, 0.05) is 34.5 Å². The van der Waals surface area contributed by atoms with Crippen LogP contribution < -0.4 is 10.6 Å². The molecule has 2 rings (SSSR count). The third-order valence-corrected chi connectivity index (χ3v) is 4.29. The molecule has 0 radical (unpaired) electrons. The molecule has 0 aliphatic carbocycles. The highest BCUT2D eigenvalue weighted by atomic mass is 79.9. The molecule has 0 spiro atoms. The minimum absolute atomic E-state index is 0.0181. The van der Waals surface area contributed by atoms with Gasteiger partial charge in [-0.2, -0.15) is 0 Å². The van der Waals surface area contributed by atoms with E-state index in [4.69, 9.17) is 0 Å². The highest BCUT2D eigenvalue weighted by molar-refractivity contribution is 9.10. The van der Waals surface area contributed by atoms with Gasteiger partial charge in [0.05, 0.1) is 6.54 Å². The topological polar surface area (TPSA) is 61.4 Å². The van der Waals surface area contributed by atoms with E-state index in [0.29, 0.717) is 18.7 Å². The maximum Gasteiger partial charge on any atom is 0.253 e. The average molecular weight is 404 g/mol. The minimum atomic E-state index is -0.134. The summed E-state index contributed by atoms with van der Waals surface area (Å²) >= 11 is 3.35. The largest absolute Gasteiger partial charge is 0.376 e. The number of carbonyl (C=O) groups excluding carboxylic acids is 2. The van der Waals surface area contributed by atoms with Crippen molar-refractivity contribution in [3.8, 4) is 0 Å². The Hall–Kier alpha value is -2.34. The molecular weight excluding hydrogens is 382 g/mol. The van der Waals surface area contributed by atoms with Crippen molar-refractivity contribution in [2.45, 2.75) is 13.8 Å². The molecule has 2 amide bonds. The van der Waals surface area contributed by atoms with Crippen molar-refractivity contribution in [2.75, 3.05) is 30.3 Å². The molecule has 0 fully saturated rings. The Morgan fingerprint density at radius 2 is 1.48 bits per heavy atom. The number of nitrogens with one attached hydrogen (secondary N) is 2. The molecule has 0 saturated heterocycles. The monoisotopic (exact) mass is 403 g/mol. The number of anilines is 2. The molecule has 0 aliphatic rings. The van der Waals surface area contributed by atoms with Gasteiger partial charge in [-0.3, -0.25) is 9.59 Å². The molecule has 0 saturated carbocycles. The molecule has 0 unspecified atom stereocenters. The summed E-state index contributed by atoms with van der Waals surface area (Å²) in [6.45, 7) is 5.44. The Labute approximate surface area is 156 Å². The van der Waals surface area contributed by atoms with Gasteiger partial charge in [-0.05, 0) is 62.4 Å². The first-order valence-corrected chi connectivity index (χ1v) is 9.01. The lowest BCUT2D eigenvalue weighted by molar-refractivity contribution is -0.114. The zero-order valence-electron chi connectivity index (χ0n) is 14.4. The summed E-state index contributed by atoms with van der Waals surface area (Å²) in [4.78, 5) is 26.0. The van der Waals surface area contributed by atoms with E-state index in [1.165, 1.54) is 0 Å². The predicted molar refractivity (Wildman–Crippen MR) is 105 cm³/mol. The van der Waals surface area contributed by atoms with Gasteiger partial charge < -0.3 is 15.5 Å². The Kier molecular flexibility index (Phi) is 7.01. The van der Waals surface area contributed by atoms with E-state index in [9.17, 15) is 9.59 Å². The van der Waals surface area contributed by atoms with E-state index < -0.39 is 0 Å². The first kappa shape index (κ1) is 19.0. The summed E-state index contributed by atoms with van der Waals surface area (Å²) in [5.74, 6) is -0.116. The van der Waals surface area contributed by atoms with Crippen molar-refractivity contribution in [3.63, 3.8) is 0 Å². The van der Waals surface area contributed by atoms with Gasteiger partial charge in [-0.1, -0.05) is 15.9 Å². The van der Waals surface area contributed by atoms with Crippen LogP contribution in [0, 0.1) is 0 Å². The standard InChI is InChI=1S/C19H22BrN3O2/c1-3-23(4-2)19(25)14-5-9-16(10-6-14)21-13-18(24)22-17-11-7-15(20)8-12-17/h5-12,21H,3-4,13H2,1-2H3,(H,22,24). The van der Waals surface area contributed by atoms with Crippen LogP contribution in [0.15, 0.2) is 53.0 Å². The van der Waals surface area contributed by atoms with Gasteiger partial charge in [0.1, 0.15) is 0 Å². The lowest BCUT2D eigenvalue weighted by Crippen LogP contribution is -2.30. The average Bonchev–Trinajstić information content (AvgIpc) is 2.63. The summed E-state index contributed by atoms with van der Waals surface area (Å²) in [5.41, 5.74) is 2.19. The van der Waals surface area contributed by atoms with Gasteiger partial charge in [-0.25, -0.2) is 0 Å². The summed E-state index contributed by atoms with van der Waals surface area (Å²) < 4.78 is 0.961. The van der Waals surface area contributed by atoms with Gasteiger partial charge in [0.2, 0.25) is 5.91 Å². The molecule has 0 aromatic heterocycles. The molecule has 5 nitrogen and oxygen atoms in total. The summed E-state index contributed by atoms with van der Waals surface area (Å²) in [7, 11) is 0. The smallest absolute Gasteiger partial charge is 0.253 e. The molecule has 2 aromatic rings. The molecule has 0 aliphatic heterocycles. The SMILES string of the molecule is CCN(CC)C(=O)c1ccc(NCC(=O)Nc2ccc(Br)cc2)cc1. The fraction of sp³-hybridized carbons (Fsp3) is 0.263. The molecule has 2 aromatic carbocycles. The van der Waals surface area contributed by atoms with Crippen LogP contribution in [0.5, 0.6) is 0 Å². The van der Waals surface area contributed by atoms with E-state index in [-0.39, 0.29) is 18.4 Å². The maximum atomic E-state index is 12.2. The maximum absolute atomic E-state index is 12.2. The third-order valence-electron chi connectivity index (χ3n) is 3.76. The second-order valence-corrected chi connectivity index (χ2v) is 6.38. The number of benzene rings is 2. The normalized spacial score (nSPS) is 10.2. The molecular formula is C19H22BrN3O2. The fourth-order valence-corrected chi connectivity index (χ4v) is 2.61. The summed E-state index contributed by atoms with van der Waals surface area (Å²) in [5, 5.41) is 5.87. The number of hydrogen-bond donors (Lipinski definition) is 2. The van der Waals surface area contributed by atoms with E-state index >= 15 is 0 Å². The van der Waals surface area contributed by atoms with Crippen LogP contribution in [-0.2, 0) is 4.79 Å². The van der Waals surface area contributed by atoms with E-state index in [1.807, 2.05) is 50.2 Å². The Bertz CT molecular complexity index is 710. The van der Waals surface area contributed by atoms with Gasteiger partial charge >= 0.3 is 0 Å². The minimum Gasteiger partial charge on any atom is -0.376 e. The van der Waals surface area contributed by atoms with Crippen molar-refractivity contribution in [3.05, 3.63) is 58.6 Å². The fourth-order valence-electron chi connectivity index (χ4n) is 2.34. The molecule has 2 N–H and O–H groups in total. The van der Waals surface area contributed by atoms with Gasteiger partial charge in [0.15, 0.2) is 0 Å². The van der Waals surface area contributed by atoms with Crippen molar-refractivity contribution in [1.82, 2.24) is 4.90 Å². The molecule has 25 heavy (non-hydrogen) atoms. The van der Waals surface area contributed by atoms with Crippen molar-refractivity contribution in [2.24, 2.45) is 0 Å². The van der Waals surface area contributed by atoms with Gasteiger partial charge in [0.25, 0.3) is 5.91 Å². The summed E-state index contributed by atoms with van der Waals surface area (Å²) in [6, 6.07) is 14.6. The zero-order chi connectivity index (χ0) is 18.2. The van der Waals surface area contributed by atoms with Crippen molar-refractivity contribution in [1.29, 1.82) is 0 Å². The Balaban J connectivity index is 1.87. The number of nitrogens with zero attached hydrogens (tertiary/aromatic N) is 1. The van der Waals surface area contributed by atoms with Crippen LogP contribution in [-0.4, -0.2) is 36.3 Å². The number of carbonyl (C=O) groups is 2. The number of halogens is 1. The van der Waals surface area contributed by atoms with Gasteiger partial charge in [-0.15, -0.1) is 0 Å². The van der Waals surface area contributed by atoms with Crippen LogP contribution >= 0.6 is 15.9 Å². The highest BCUT2D eigenvalue weighted by Gasteiger charge is 2.12. The zero-order valence-corrected chi connectivity index (χ0v) is 16.0. The lowest BCUT2D eigenvalue weighted by Gasteiger charge is -2.18. The van der Waals surface area contributed by atoms with Crippen molar-refractivity contribution < 1.29 is 9.59 Å². The number of amides is 2. The van der Waals surface area contributed by atoms with Crippen LogP contribution in [0.25, 0.3) is 0 Å². The van der Waals surface area contributed by atoms with Crippen LogP contribution in [0.1, 0.15) is 24.2 Å². The Morgan fingerprint density at radius 1 is 0.920 bits per heavy atom. The van der Waals surface area contributed by atoms with Crippen LogP contribution in [0.3, 0.4) is 0 Å². The number of rotatable bonds is 7. The molecule has 0 atom stereocenters. The predicted octanol–water partition coefficient (Wildman–Crippen LogP) is 3.98. The Morgan fingerprint density at radius 3 is 2.04 bits per heavy atom. The highest BCUT2D eigenvalue weighted by Crippen LogP contribution is 2.14. The van der Waals surface area contributed by atoms with E-state index in [1.54, 1.807) is 17.0 Å². The second kappa shape index (κ2) is 9.22. The number of hydrogen-bond acceptors (Lipinski definition) is 3. The summed E-state index contributed by atoms with van der Waals surface area (Å²) in [6.07, 6.45) is 0. The van der Waals surface area contributed by atoms with E-state index in [2.05, 4.69) is 26.6 Å². The molecule has 6 heteroatoms. The first-order valence-electron chi connectivity index (χ1n) is 8.22. The molecule has 0 heterocycles. The quantitative estimate of drug-likeness (QED) is 0.734.